The lowest BCUT2D eigenvalue weighted by molar-refractivity contribution is 0.202. The summed E-state index contributed by atoms with van der Waals surface area (Å²) >= 11 is 2.29. The average Bonchev–Trinajstić information content (AvgIpc) is 2.35. The molecule has 0 atom stereocenters. The van der Waals surface area contributed by atoms with Crippen molar-refractivity contribution in [2.75, 3.05) is 30.9 Å². The van der Waals surface area contributed by atoms with E-state index >= 15 is 0 Å². The molecule has 0 heterocycles. The monoisotopic (exact) mass is 362 g/mol. The summed E-state index contributed by atoms with van der Waals surface area (Å²) in [6.45, 7) is 6.04. The van der Waals surface area contributed by atoms with Gasteiger partial charge >= 0.3 is 0 Å². The topological polar surface area (TPSA) is 38.5 Å². The van der Waals surface area contributed by atoms with Crippen molar-refractivity contribution >= 4 is 34.0 Å². The van der Waals surface area contributed by atoms with Crippen molar-refractivity contribution in [3.63, 3.8) is 0 Å². The van der Waals surface area contributed by atoms with Gasteiger partial charge in [-0.3, -0.25) is 0 Å². The lowest BCUT2D eigenvalue weighted by atomic mass is 10.1. The highest BCUT2D eigenvalue weighted by Gasteiger charge is 2.17. The summed E-state index contributed by atoms with van der Waals surface area (Å²) in [4.78, 5) is 2.37. The first-order valence-electron chi connectivity index (χ1n) is 6.44. The molecule has 0 saturated carbocycles. The van der Waals surface area contributed by atoms with Crippen LogP contribution >= 0.6 is 22.6 Å². The normalized spacial score (nSPS) is 10.9. The van der Waals surface area contributed by atoms with E-state index in [0.717, 1.165) is 37.4 Å². The van der Waals surface area contributed by atoms with E-state index < -0.39 is 0 Å². The summed E-state index contributed by atoms with van der Waals surface area (Å²) in [5.41, 5.74) is 8.13. The van der Waals surface area contributed by atoms with Gasteiger partial charge in [0, 0.05) is 23.3 Å². The molecule has 0 saturated heterocycles. The standard InChI is InChI=1S/C14H23IN2O/c1-4-12(5-2)17(8-9-18-3)14-7-6-11(15)10-13(14)16/h6-7,10,12H,4-5,8-9,16H2,1-3H3. The fourth-order valence-electron chi connectivity index (χ4n) is 2.21. The number of methoxy groups -OCH3 is 1. The van der Waals surface area contributed by atoms with Crippen LogP contribution in [0.5, 0.6) is 0 Å². The Balaban J connectivity index is 3.00. The zero-order chi connectivity index (χ0) is 13.5. The molecule has 102 valence electrons. The van der Waals surface area contributed by atoms with Crippen LogP contribution in [0.4, 0.5) is 11.4 Å². The van der Waals surface area contributed by atoms with Gasteiger partial charge in [0.1, 0.15) is 0 Å². The maximum atomic E-state index is 6.15. The summed E-state index contributed by atoms with van der Waals surface area (Å²) < 4.78 is 6.38. The van der Waals surface area contributed by atoms with E-state index in [0.29, 0.717) is 6.04 Å². The third kappa shape index (κ3) is 4.02. The zero-order valence-electron chi connectivity index (χ0n) is 11.4. The Hall–Kier alpha value is -0.490. The van der Waals surface area contributed by atoms with E-state index in [1.165, 1.54) is 3.57 Å². The molecule has 0 aliphatic carbocycles. The minimum Gasteiger partial charge on any atom is -0.397 e. The Morgan fingerprint density at radius 2 is 2.00 bits per heavy atom. The van der Waals surface area contributed by atoms with Gasteiger partial charge in [-0.1, -0.05) is 13.8 Å². The van der Waals surface area contributed by atoms with Crippen LogP contribution in [0.2, 0.25) is 0 Å². The molecule has 4 heteroatoms. The minimum atomic E-state index is 0.516. The molecular formula is C14H23IN2O. The Morgan fingerprint density at radius 1 is 1.33 bits per heavy atom. The van der Waals surface area contributed by atoms with Crippen molar-refractivity contribution in [1.82, 2.24) is 0 Å². The van der Waals surface area contributed by atoms with Crippen molar-refractivity contribution < 1.29 is 4.74 Å². The second-order valence-electron chi connectivity index (χ2n) is 4.36. The van der Waals surface area contributed by atoms with Gasteiger partial charge in [-0.25, -0.2) is 0 Å². The van der Waals surface area contributed by atoms with E-state index in [1.54, 1.807) is 7.11 Å². The predicted octanol–water partition coefficient (Wildman–Crippen LogP) is 3.51. The fraction of sp³-hybridized carbons (Fsp3) is 0.571. The SMILES string of the molecule is CCC(CC)N(CCOC)c1ccc(I)cc1N. The van der Waals surface area contributed by atoms with Crippen molar-refractivity contribution in [3.05, 3.63) is 21.8 Å². The molecule has 3 nitrogen and oxygen atoms in total. The highest BCUT2D eigenvalue weighted by Crippen LogP contribution is 2.28. The summed E-state index contributed by atoms with van der Waals surface area (Å²) in [7, 11) is 1.74. The van der Waals surface area contributed by atoms with Crippen LogP contribution < -0.4 is 10.6 Å². The molecule has 0 aromatic heterocycles. The van der Waals surface area contributed by atoms with E-state index in [9.17, 15) is 0 Å². The van der Waals surface area contributed by atoms with Crippen LogP contribution in [0.15, 0.2) is 18.2 Å². The van der Waals surface area contributed by atoms with Crippen molar-refractivity contribution in [1.29, 1.82) is 0 Å². The van der Waals surface area contributed by atoms with Gasteiger partial charge < -0.3 is 15.4 Å². The van der Waals surface area contributed by atoms with Crippen LogP contribution in [-0.2, 0) is 4.74 Å². The molecule has 18 heavy (non-hydrogen) atoms. The maximum Gasteiger partial charge on any atom is 0.0637 e. The molecule has 1 aromatic rings. The molecule has 0 aliphatic heterocycles. The van der Waals surface area contributed by atoms with E-state index in [-0.39, 0.29) is 0 Å². The molecule has 0 bridgehead atoms. The fourth-order valence-corrected chi connectivity index (χ4v) is 2.72. The number of halogens is 1. The number of nitrogens with two attached hydrogens (primary N) is 1. The van der Waals surface area contributed by atoms with Gasteiger partial charge in [-0.15, -0.1) is 0 Å². The second-order valence-corrected chi connectivity index (χ2v) is 5.61. The molecule has 0 radical (unpaired) electrons. The van der Waals surface area contributed by atoms with Gasteiger partial charge in [0.25, 0.3) is 0 Å². The van der Waals surface area contributed by atoms with E-state index in [2.05, 4.69) is 53.5 Å². The number of benzene rings is 1. The lowest BCUT2D eigenvalue weighted by Crippen LogP contribution is -2.37. The van der Waals surface area contributed by atoms with Crippen LogP contribution in [0.25, 0.3) is 0 Å². The van der Waals surface area contributed by atoms with Crippen LogP contribution in [0, 0.1) is 3.57 Å². The van der Waals surface area contributed by atoms with Crippen molar-refractivity contribution in [2.45, 2.75) is 32.7 Å². The molecule has 2 N–H and O–H groups in total. The quantitative estimate of drug-likeness (QED) is 0.596. The maximum absolute atomic E-state index is 6.15. The van der Waals surface area contributed by atoms with Crippen LogP contribution in [0.3, 0.4) is 0 Å². The van der Waals surface area contributed by atoms with Gasteiger partial charge in [0.2, 0.25) is 0 Å². The van der Waals surface area contributed by atoms with Gasteiger partial charge in [0.15, 0.2) is 0 Å². The number of hydrogen-bond acceptors (Lipinski definition) is 3. The number of anilines is 2. The number of ether oxygens (including phenoxy) is 1. The Kier molecular flexibility index (Phi) is 6.78. The predicted molar refractivity (Wildman–Crippen MR) is 87.2 cm³/mol. The van der Waals surface area contributed by atoms with E-state index in [4.69, 9.17) is 10.5 Å². The zero-order valence-corrected chi connectivity index (χ0v) is 13.6. The van der Waals surface area contributed by atoms with Gasteiger partial charge in [0.05, 0.1) is 18.0 Å². The molecule has 0 unspecified atom stereocenters. The van der Waals surface area contributed by atoms with Crippen LogP contribution in [-0.4, -0.2) is 26.3 Å². The number of rotatable bonds is 7. The third-order valence-electron chi connectivity index (χ3n) is 3.22. The molecule has 1 rings (SSSR count). The Morgan fingerprint density at radius 3 is 2.50 bits per heavy atom. The number of nitrogens with zero attached hydrogens (tertiary/aromatic N) is 1. The van der Waals surface area contributed by atoms with Gasteiger partial charge in [-0.2, -0.15) is 0 Å². The third-order valence-corrected chi connectivity index (χ3v) is 3.89. The molecule has 0 fully saturated rings. The Bertz CT molecular complexity index is 367. The largest absolute Gasteiger partial charge is 0.397 e. The molecule has 1 aromatic carbocycles. The summed E-state index contributed by atoms with van der Waals surface area (Å²) in [6.07, 6.45) is 2.23. The molecule has 0 amide bonds. The Labute approximate surface area is 124 Å². The second kappa shape index (κ2) is 7.84. The first-order valence-corrected chi connectivity index (χ1v) is 7.52. The highest BCUT2D eigenvalue weighted by molar-refractivity contribution is 14.1. The first kappa shape index (κ1) is 15.6. The van der Waals surface area contributed by atoms with Crippen molar-refractivity contribution in [3.8, 4) is 0 Å². The number of hydrogen-bond donors (Lipinski definition) is 1. The van der Waals surface area contributed by atoms with E-state index in [1.807, 2.05) is 6.07 Å². The summed E-state index contributed by atoms with van der Waals surface area (Å²) in [5.74, 6) is 0. The molecular weight excluding hydrogens is 339 g/mol. The average molecular weight is 362 g/mol. The number of nitrogen functional groups attached to an aromatic ring is 1. The van der Waals surface area contributed by atoms with Crippen molar-refractivity contribution in [2.24, 2.45) is 0 Å². The summed E-state index contributed by atoms with van der Waals surface area (Å²) in [5, 5.41) is 0. The smallest absolute Gasteiger partial charge is 0.0637 e. The van der Waals surface area contributed by atoms with Gasteiger partial charge in [-0.05, 0) is 53.6 Å². The first-order chi connectivity index (χ1) is 8.63. The molecule has 0 aliphatic rings. The summed E-state index contributed by atoms with van der Waals surface area (Å²) in [6, 6.07) is 6.76. The molecule has 0 spiro atoms. The lowest BCUT2D eigenvalue weighted by Gasteiger charge is -2.33. The van der Waals surface area contributed by atoms with Crippen LogP contribution in [0.1, 0.15) is 26.7 Å². The highest BCUT2D eigenvalue weighted by atomic mass is 127. The minimum absolute atomic E-state index is 0.516.